The van der Waals surface area contributed by atoms with E-state index in [4.69, 9.17) is 4.74 Å². The average Bonchev–Trinajstić information content (AvgIpc) is 3.56. The molecule has 0 saturated carbocycles. The second kappa shape index (κ2) is 10.2. The lowest BCUT2D eigenvalue weighted by atomic mass is 9.88. The molecule has 0 aliphatic carbocycles. The summed E-state index contributed by atoms with van der Waals surface area (Å²) in [4.78, 5) is 43.4. The second-order valence-corrected chi connectivity index (χ2v) is 9.27. The molecule has 32 heavy (non-hydrogen) atoms. The predicted octanol–water partition coefficient (Wildman–Crippen LogP) is 3.03. The third-order valence-corrected chi connectivity index (χ3v) is 7.21. The summed E-state index contributed by atoms with van der Waals surface area (Å²) in [6.07, 6.45) is 3.37. The average molecular weight is 456 g/mol. The quantitative estimate of drug-likeness (QED) is 0.726. The van der Waals surface area contributed by atoms with Crippen molar-refractivity contribution in [2.75, 3.05) is 33.3 Å². The molecule has 8 heteroatoms. The highest BCUT2D eigenvalue weighted by Crippen LogP contribution is 2.26. The Hall–Kier alpha value is -2.87. The van der Waals surface area contributed by atoms with E-state index in [1.807, 2.05) is 27.3 Å². The van der Waals surface area contributed by atoms with Crippen LogP contribution in [-0.2, 0) is 4.79 Å². The summed E-state index contributed by atoms with van der Waals surface area (Å²) in [5.74, 6) is 0.449. The lowest BCUT2D eigenvalue weighted by Gasteiger charge is -2.37. The van der Waals surface area contributed by atoms with Gasteiger partial charge in [-0.25, -0.2) is 0 Å². The van der Waals surface area contributed by atoms with Crippen molar-refractivity contribution in [1.82, 2.24) is 15.1 Å². The van der Waals surface area contributed by atoms with Crippen LogP contribution in [0, 0.1) is 5.92 Å². The normalized spacial score (nSPS) is 17.8. The van der Waals surface area contributed by atoms with Crippen LogP contribution in [0.2, 0.25) is 0 Å². The summed E-state index contributed by atoms with van der Waals surface area (Å²) in [5, 5.41) is 4.92. The molecule has 2 aromatic rings. The molecule has 2 aliphatic rings. The van der Waals surface area contributed by atoms with Gasteiger partial charge in [0.25, 0.3) is 11.8 Å². The molecule has 0 radical (unpaired) electrons. The van der Waals surface area contributed by atoms with E-state index >= 15 is 0 Å². The molecule has 3 heterocycles. The summed E-state index contributed by atoms with van der Waals surface area (Å²) in [5.41, 5.74) is 0.496. The number of ether oxygens (including phenoxy) is 1. The van der Waals surface area contributed by atoms with Gasteiger partial charge < -0.3 is 19.9 Å². The number of carbonyl (C=O) groups is 3. The van der Waals surface area contributed by atoms with E-state index < -0.39 is 6.04 Å². The maximum Gasteiger partial charge on any atom is 0.263 e. The molecule has 1 aromatic carbocycles. The molecule has 1 aromatic heterocycles. The van der Waals surface area contributed by atoms with E-state index in [0.29, 0.717) is 37.2 Å². The van der Waals surface area contributed by atoms with Crippen LogP contribution in [0.4, 0.5) is 0 Å². The Morgan fingerprint density at radius 1 is 1.00 bits per heavy atom. The topological polar surface area (TPSA) is 79.0 Å². The first-order valence-electron chi connectivity index (χ1n) is 11.1. The van der Waals surface area contributed by atoms with Gasteiger partial charge in [0.15, 0.2) is 0 Å². The fraction of sp³-hybridized carbons (Fsp3) is 0.458. The van der Waals surface area contributed by atoms with Crippen LogP contribution in [0.3, 0.4) is 0 Å². The summed E-state index contributed by atoms with van der Waals surface area (Å²) in [6.45, 7) is 2.65. The van der Waals surface area contributed by atoms with Gasteiger partial charge >= 0.3 is 0 Å². The van der Waals surface area contributed by atoms with Crippen molar-refractivity contribution in [2.45, 2.75) is 31.7 Å². The lowest BCUT2D eigenvalue weighted by Crippen LogP contribution is -2.54. The first kappa shape index (κ1) is 22.3. The minimum absolute atomic E-state index is 0.00214. The Morgan fingerprint density at radius 2 is 1.69 bits per heavy atom. The number of nitrogens with zero attached hydrogens (tertiary/aromatic N) is 2. The van der Waals surface area contributed by atoms with Crippen molar-refractivity contribution >= 4 is 29.1 Å². The molecule has 2 fully saturated rings. The number of hydrogen-bond acceptors (Lipinski definition) is 5. The minimum atomic E-state index is -0.582. The number of carbonyl (C=O) groups excluding carboxylic acids is 3. The number of hydrogen-bond donors (Lipinski definition) is 1. The molecular formula is C24H29N3O4S. The summed E-state index contributed by atoms with van der Waals surface area (Å²) in [6, 6.07) is 10.0. The van der Waals surface area contributed by atoms with E-state index in [1.165, 1.54) is 11.3 Å². The zero-order valence-electron chi connectivity index (χ0n) is 18.3. The number of piperidine rings is 1. The highest BCUT2D eigenvalue weighted by Gasteiger charge is 2.37. The lowest BCUT2D eigenvalue weighted by molar-refractivity contribution is -0.134. The third-order valence-electron chi connectivity index (χ3n) is 6.35. The largest absolute Gasteiger partial charge is 0.497 e. The van der Waals surface area contributed by atoms with Crippen molar-refractivity contribution in [2.24, 2.45) is 5.92 Å². The highest BCUT2D eigenvalue weighted by atomic mass is 32.1. The molecule has 0 spiro atoms. The van der Waals surface area contributed by atoms with Crippen LogP contribution in [0.15, 0.2) is 41.8 Å². The van der Waals surface area contributed by atoms with Crippen LogP contribution in [0.1, 0.15) is 45.7 Å². The third kappa shape index (κ3) is 4.96. The van der Waals surface area contributed by atoms with Gasteiger partial charge in [0.2, 0.25) is 5.91 Å². The predicted molar refractivity (Wildman–Crippen MR) is 123 cm³/mol. The van der Waals surface area contributed by atoms with Crippen LogP contribution in [0.25, 0.3) is 0 Å². The highest BCUT2D eigenvalue weighted by molar-refractivity contribution is 7.12. The Kier molecular flexibility index (Phi) is 7.09. The number of thiophene rings is 1. The number of nitrogens with one attached hydrogen (secondary N) is 1. The number of amides is 3. The van der Waals surface area contributed by atoms with Gasteiger partial charge in [-0.15, -0.1) is 11.3 Å². The van der Waals surface area contributed by atoms with Gasteiger partial charge in [0.05, 0.1) is 12.0 Å². The van der Waals surface area contributed by atoms with E-state index in [0.717, 1.165) is 30.8 Å². The van der Waals surface area contributed by atoms with E-state index in [2.05, 4.69) is 5.32 Å². The standard InChI is InChI=1S/C24H29N3O4S/c1-31-19-8-6-18(7-9-19)22(28)25-21(24(30)26-12-2-3-13-26)17-10-14-27(15-11-17)23(29)20-5-4-16-32-20/h4-9,16-17,21H,2-3,10-15H2,1H3,(H,25,28)/t21-/m0/s1. The second-order valence-electron chi connectivity index (χ2n) is 8.32. The zero-order valence-corrected chi connectivity index (χ0v) is 19.1. The van der Waals surface area contributed by atoms with Crippen molar-refractivity contribution in [1.29, 1.82) is 0 Å². The SMILES string of the molecule is COc1ccc(C(=O)N[C@H](C(=O)N2CCCC2)C2CCN(C(=O)c3cccs3)CC2)cc1. The van der Waals surface area contributed by atoms with Crippen molar-refractivity contribution in [3.05, 3.63) is 52.2 Å². The molecule has 0 bridgehead atoms. The molecule has 2 saturated heterocycles. The molecule has 170 valence electrons. The van der Waals surface area contributed by atoms with Crippen molar-refractivity contribution < 1.29 is 19.1 Å². The van der Waals surface area contributed by atoms with Crippen LogP contribution >= 0.6 is 11.3 Å². The van der Waals surface area contributed by atoms with E-state index in [9.17, 15) is 14.4 Å². The monoisotopic (exact) mass is 455 g/mol. The number of rotatable bonds is 6. The number of methoxy groups -OCH3 is 1. The Bertz CT molecular complexity index is 931. The smallest absolute Gasteiger partial charge is 0.263 e. The molecule has 2 aliphatic heterocycles. The molecule has 3 amide bonds. The first-order chi connectivity index (χ1) is 15.6. The zero-order chi connectivity index (χ0) is 22.5. The Balaban J connectivity index is 1.45. The van der Waals surface area contributed by atoms with Crippen LogP contribution in [0.5, 0.6) is 5.75 Å². The maximum atomic E-state index is 13.3. The number of benzene rings is 1. The van der Waals surface area contributed by atoms with Gasteiger partial charge in [-0.1, -0.05) is 6.07 Å². The van der Waals surface area contributed by atoms with Crippen molar-refractivity contribution in [3.8, 4) is 5.75 Å². The Morgan fingerprint density at radius 3 is 2.28 bits per heavy atom. The number of likely N-dealkylation sites (tertiary alicyclic amines) is 2. The summed E-state index contributed by atoms with van der Waals surface area (Å²) >= 11 is 1.44. The molecule has 0 unspecified atom stereocenters. The molecule has 1 atom stereocenters. The van der Waals surface area contributed by atoms with E-state index in [1.54, 1.807) is 31.4 Å². The Labute approximate surface area is 192 Å². The fourth-order valence-corrected chi connectivity index (χ4v) is 5.17. The molecular weight excluding hydrogens is 426 g/mol. The van der Waals surface area contributed by atoms with Gasteiger partial charge in [-0.2, -0.15) is 0 Å². The van der Waals surface area contributed by atoms with Crippen LogP contribution in [-0.4, -0.2) is 66.9 Å². The van der Waals surface area contributed by atoms with Crippen molar-refractivity contribution in [3.63, 3.8) is 0 Å². The van der Waals surface area contributed by atoms with Gasteiger partial charge in [0.1, 0.15) is 11.8 Å². The molecule has 7 nitrogen and oxygen atoms in total. The van der Waals surface area contributed by atoms with Gasteiger partial charge in [-0.3, -0.25) is 14.4 Å². The van der Waals surface area contributed by atoms with E-state index in [-0.39, 0.29) is 23.6 Å². The summed E-state index contributed by atoms with van der Waals surface area (Å²) in [7, 11) is 1.58. The first-order valence-corrected chi connectivity index (χ1v) is 12.0. The van der Waals surface area contributed by atoms with Gasteiger partial charge in [-0.05, 0) is 67.3 Å². The molecule has 4 rings (SSSR count). The molecule has 1 N–H and O–H groups in total. The summed E-state index contributed by atoms with van der Waals surface area (Å²) < 4.78 is 5.16. The fourth-order valence-electron chi connectivity index (χ4n) is 4.47. The minimum Gasteiger partial charge on any atom is -0.497 e. The van der Waals surface area contributed by atoms with Crippen LogP contribution < -0.4 is 10.1 Å². The van der Waals surface area contributed by atoms with Gasteiger partial charge in [0, 0.05) is 31.7 Å². The maximum absolute atomic E-state index is 13.3.